The normalized spacial score (nSPS) is 10.0. The predicted octanol–water partition coefficient (Wildman–Crippen LogP) is 2.44. The summed E-state index contributed by atoms with van der Waals surface area (Å²) < 4.78 is 0. The van der Waals surface area contributed by atoms with Gasteiger partial charge >= 0.3 is 0 Å². The minimum Gasteiger partial charge on any atom is -0.299 e. The Bertz CT molecular complexity index is 407. The molecule has 0 radical (unpaired) electrons. The number of aromatic nitrogens is 1. The lowest BCUT2D eigenvalue weighted by Gasteiger charge is -2.01. The summed E-state index contributed by atoms with van der Waals surface area (Å²) in [6, 6.07) is 13.6. The SMILES string of the molecule is O=C(Cc1ccccc1)Cc1ccncc1. The number of ketones is 1. The molecule has 0 N–H and O–H groups in total. The summed E-state index contributed by atoms with van der Waals surface area (Å²) in [7, 11) is 0. The minimum atomic E-state index is 0.234. The van der Waals surface area contributed by atoms with Crippen molar-refractivity contribution in [2.24, 2.45) is 0 Å². The van der Waals surface area contributed by atoms with Gasteiger partial charge in [-0.2, -0.15) is 0 Å². The van der Waals surface area contributed by atoms with Crippen LogP contribution in [0.15, 0.2) is 54.9 Å². The van der Waals surface area contributed by atoms with Crippen LogP contribution in [0.4, 0.5) is 0 Å². The average molecular weight is 211 g/mol. The highest BCUT2D eigenvalue weighted by atomic mass is 16.1. The molecule has 0 saturated carbocycles. The molecular formula is C14H13NO. The van der Waals surface area contributed by atoms with Gasteiger partial charge in [0.25, 0.3) is 0 Å². The Hall–Kier alpha value is -1.96. The molecule has 2 nitrogen and oxygen atoms in total. The number of carbonyl (C=O) groups is 1. The first-order chi connectivity index (χ1) is 7.84. The van der Waals surface area contributed by atoms with Gasteiger partial charge in [-0.15, -0.1) is 0 Å². The lowest BCUT2D eigenvalue weighted by atomic mass is 10.0. The maximum absolute atomic E-state index is 11.8. The first-order valence-electron chi connectivity index (χ1n) is 5.29. The number of hydrogen-bond donors (Lipinski definition) is 0. The van der Waals surface area contributed by atoms with Gasteiger partial charge in [0.2, 0.25) is 0 Å². The van der Waals surface area contributed by atoms with Crippen LogP contribution in [0.3, 0.4) is 0 Å². The van der Waals surface area contributed by atoms with Gasteiger partial charge in [-0.25, -0.2) is 0 Å². The highest BCUT2D eigenvalue weighted by Gasteiger charge is 2.04. The maximum atomic E-state index is 11.8. The Labute approximate surface area is 95.0 Å². The molecule has 16 heavy (non-hydrogen) atoms. The molecule has 0 aliphatic carbocycles. The van der Waals surface area contributed by atoms with E-state index in [0.29, 0.717) is 12.8 Å². The van der Waals surface area contributed by atoms with Crippen LogP contribution in [0.1, 0.15) is 11.1 Å². The van der Waals surface area contributed by atoms with Gasteiger partial charge in [0.1, 0.15) is 5.78 Å². The zero-order valence-corrected chi connectivity index (χ0v) is 8.97. The number of nitrogens with zero attached hydrogens (tertiary/aromatic N) is 1. The van der Waals surface area contributed by atoms with Gasteiger partial charge in [0.15, 0.2) is 0 Å². The lowest BCUT2D eigenvalue weighted by molar-refractivity contribution is -0.117. The van der Waals surface area contributed by atoms with E-state index in [1.807, 2.05) is 42.5 Å². The molecule has 0 amide bonds. The first-order valence-corrected chi connectivity index (χ1v) is 5.29. The Morgan fingerprint density at radius 1 is 0.875 bits per heavy atom. The molecule has 1 heterocycles. The van der Waals surface area contributed by atoms with E-state index in [9.17, 15) is 4.79 Å². The van der Waals surface area contributed by atoms with Crippen LogP contribution in [0.2, 0.25) is 0 Å². The standard InChI is InChI=1S/C14H13NO/c16-14(10-12-4-2-1-3-5-12)11-13-6-8-15-9-7-13/h1-9H,10-11H2. The van der Waals surface area contributed by atoms with Crippen molar-refractivity contribution < 1.29 is 4.79 Å². The Kier molecular flexibility index (Phi) is 3.44. The van der Waals surface area contributed by atoms with Crippen LogP contribution < -0.4 is 0 Å². The summed E-state index contributed by atoms with van der Waals surface area (Å²) >= 11 is 0. The van der Waals surface area contributed by atoms with E-state index in [-0.39, 0.29) is 5.78 Å². The van der Waals surface area contributed by atoms with Gasteiger partial charge in [-0.1, -0.05) is 30.3 Å². The molecular weight excluding hydrogens is 198 g/mol. The molecule has 0 atom stereocenters. The van der Waals surface area contributed by atoms with E-state index < -0.39 is 0 Å². The zero-order valence-electron chi connectivity index (χ0n) is 8.97. The molecule has 1 aromatic heterocycles. The highest BCUT2D eigenvalue weighted by Crippen LogP contribution is 2.04. The largest absolute Gasteiger partial charge is 0.299 e. The first kappa shape index (κ1) is 10.6. The average Bonchev–Trinajstić information content (AvgIpc) is 2.31. The van der Waals surface area contributed by atoms with E-state index >= 15 is 0 Å². The third-order valence-corrected chi connectivity index (χ3v) is 2.39. The highest BCUT2D eigenvalue weighted by molar-refractivity contribution is 5.83. The Morgan fingerprint density at radius 3 is 2.06 bits per heavy atom. The third kappa shape index (κ3) is 3.02. The van der Waals surface area contributed by atoms with Gasteiger partial charge in [0.05, 0.1) is 0 Å². The summed E-state index contributed by atoms with van der Waals surface area (Å²) in [5, 5.41) is 0. The van der Waals surface area contributed by atoms with Crippen LogP contribution in [0, 0.1) is 0 Å². The molecule has 0 aliphatic heterocycles. The van der Waals surface area contributed by atoms with E-state index in [1.54, 1.807) is 12.4 Å². The van der Waals surface area contributed by atoms with Crippen molar-refractivity contribution in [2.45, 2.75) is 12.8 Å². The van der Waals surface area contributed by atoms with Crippen molar-refractivity contribution in [3.8, 4) is 0 Å². The van der Waals surface area contributed by atoms with E-state index in [0.717, 1.165) is 11.1 Å². The predicted molar refractivity (Wildman–Crippen MR) is 63.1 cm³/mol. The van der Waals surface area contributed by atoms with E-state index in [1.165, 1.54) is 0 Å². The van der Waals surface area contributed by atoms with Gasteiger partial charge < -0.3 is 0 Å². The number of benzene rings is 1. The number of hydrogen-bond acceptors (Lipinski definition) is 2. The second kappa shape index (κ2) is 5.21. The smallest absolute Gasteiger partial charge is 0.141 e. The zero-order chi connectivity index (χ0) is 11.2. The molecule has 2 aromatic rings. The Balaban J connectivity index is 1.95. The second-order valence-corrected chi connectivity index (χ2v) is 3.73. The summed E-state index contributed by atoms with van der Waals surface area (Å²) in [6.07, 6.45) is 4.41. The molecule has 0 saturated heterocycles. The van der Waals surface area contributed by atoms with Crippen LogP contribution in [0.25, 0.3) is 0 Å². The summed E-state index contributed by atoms with van der Waals surface area (Å²) in [6.45, 7) is 0. The molecule has 0 aliphatic rings. The molecule has 0 unspecified atom stereocenters. The summed E-state index contributed by atoms with van der Waals surface area (Å²) in [5.74, 6) is 0.234. The third-order valence-electron chi connectivity index (χ3n) is 2.39. The Morgan fingerprint density at radius 2 is 1.44 bits per heavy atom. The summed E-state index contributed by atoms with van der Waals surface area (Å²) in [5.41, 5.74) is 2.09. The van der Waals surface area contributed by atoms with Crippen LogP contribution >= 0.6 is 0 Å². The second-order valence-electron chi connectivity index (χ2n) is 3.73. The fraction of sp³-hybridized carbons (Fsp3) is 0.143. The minimum absolute atomic E-state index is 0.234. The molecule has 1 aromatic carbocycles. The van der Waals surface area contributed by atoms with Crippen molar-refractivity contribution in [3.05, 3.63) is 66.0 Å². The van der Waals surface area contributed by atoms with Crippen LogP contribution in [0.5, 0.6) is 0 Å². The number of rotatable bonds is 4. The lowest BCUT2D eigenvalue weighted by Crippen LogP contribution is -2.06. The van der Waals surface area contributed by atoms with Crippen molar-refractivity contribution in [2.75, 3.05) is 0 Å². The molecule has 2 heteroatoms. The molecule has 2 rings (SSSR count). The number of pyridine rings is 1. The van der Waals surface area contributed by atoms with Gasteiger partial charge in [0, 0.05) is 25.2 Å². The van der Waals surface area contributed by atoms with E-state index in [4.69, 9.17) is 0 Å². The maximum Gasteiger partial charge on any atom is 0.141 e. The van der Waals surface area contributed by atoms with Gasteiger partial charge in [-0.3, -0.25) is 9.78 Å². The number of carbonyl (C=O) groups excluding carboxylic acids is 1. The van der Waals surface area contributed by atoms with Crippen LogP contribution in [-0.2, 0) is 17.6 Å². The van der Waals surface area contributed by atoms with E-state index in [2.05, 4.69) is 4.98 Å². The summed E-state index contributed by atoms with van der Waals surface area (Å²) in [4.78, 5) is 15.7. The van der Waals surface area contributed by atoms with Crippen molar-refractivity contribution in [1.82, 2.24) is 4.98 Å². The fourth-order valence-electron chi connectivity index (χ4n) is 1.61. The van der Waals surface area contributed by atoms with Crippen molar-refractivity contribution in [1.29, 1.82) is 0 Å². The van der Waals surface area contributed by atoms with Crippen LogP contribution in [-0.4, -0.2) is 10.8 Å². The monoisotopic (exact) mass is 211 g/mol. The number of Topliss-reactive ketones (excluding diaryl/α,β-unsaturated/α-hetero) is 1. The van der Waals surface area contributed by atoms with Crippen molar-refractivity contribution >= 4 is 5.78 Å². The van der Waals surface area contributed by atoms with Gasteiger partial charge in [-0.05, 0) is 23.3 Å². The molecule has 0 bridgehead atoms. The molecule has 0 fully saturated rings. The molecule has 0 spiro atoms. The molecule has 80 valence electrons. The topological polar surface area (TPSA) is 30.0 Å². The quantitative estimate of drug-likeness (QED) is 0.777. The fourth-order valence-corrected chi connectivity index (χ4v) is 1.61. The van der Waals surface area contributed by atoms with Crippen molar-refractivity contribution in [3.63, 3.8) is 0 Å².